The maximum absolute atomic E-state index is 12.3. The number of allylic oxidation sites excluding steroid dienone is 1. The number of aliphatic hydroxyl groups is 3. The predicted octanol–water partition coefficient (Wildman–Crippen LogP) is 0.348. The molecule has 1 spiro atoms. The molecule has 4 heterocycles. The smallest absolute Gasteiger partial charge is 0.171 e. The summed E-state index contributed by atoms with van der Waals surface area (Å²) < 4.78 is 0. The molecule has 294 valence electrons. The van der Waals surface area contributed by atoms with Crippen LogP contribution in [0.1, 0.15) is 102 Å². The van der Waals surface area contributed by atoms with Crippen molar-refractivity contribution in [2.24, 2.45) is 33.9 Å². The van der Waals surface area contributed by atoms with E-state index in [1.165, 1.54) is 16.0 Å². The number of aliphatic hydroxyl groups excluding tert-OH is 2. The second kappa shape index (κ2) is 16.1. The first-order valence-electron chi connectivity index (χ1n) is 20.7. The molecule has 11 nitrogen and oxygen atoms in total. The number of hydrogen-bond donors (Lipinski definition) is 8. The number of nitrogens with one attached hydrogen (secondary N) is 4. The Labute approximate surface area is 316 Å². The zero-order valence-corrected chi connectivity index (χ0v) is 32.0. The largest absolute Gasteiger partial charge is 0.550 e. The van der Waals surface area contributed by atoms with Crippen molar-refractivity contribution < 1.29 is 30.1 Å². The number of piperidine rings is 2. The Hall–Kier alpha value is -2.22. The van der Waals surface area contributed by atoms with Gasteiger partial charge in [0.25, 0.3) is 0 Å². The molecule has 9 N–H and O–H groups in total. The summed E-state index contributed by atoms with van der Waals surface area (Å²) in [6, 6.07) is 9.15. The van der Waals surface area contributed by atoms with Gasteiger partial charge >= 0.3 is 0 Å². The summed E-state index contributed by atoms with van der Waals surface area (Å²) in [6.45, 7) is 5.92. The number of carboxylic acid groups (broad SMARTS) is 1. The number of carbonyl (C=O) groups excluding carboxylic acids is 1. The molecule has 14 atom stereocenters. The first-order valence-corrected chi connectivity index (χ1v) is 20.7. The molecule has 3 fully saturated rings. The standard InChI is InChI=1S/C42H66N6O5/c1-27-36(49)20-35(48-15-14-44-26-48)34(46-27)19-37(50)30-8-4-12-41-13-5-9-31(41)10-11-32(21-41)42(53,24-39(51)52)25-45-40(2)22-33(47-38(43)23-40)18-29-7-3-6-28(16-29)17-30/h3,6-7,10-11,14,16,27,30-38,45-47,49-50,53H,4-5,8-9,12-13,15,17-26,43H2,1-2H3,(H,51,52)/t27-,30+,31-,32+,33+,34-,35-,36-,37+,38+,40-,41+,42-/m1/s1. The fraction of sp³-hybridized carbons (Fsp3) is 0.762. The number of quaternary nitrogens is 1. The number of carbonyl (C=O) groups is 1. The van der Waals surface area contributed by atoms with Gasteiger partial charge in [0.2, 0.25) is 0 Å². The number of hydrogen-bond acceptors (Lipinski definition) is 10. The van der Waals surface area contributed by atoms with Crippen molar-refractivity contribution >= 4 is 12.2 Å². The van der Waals surface area contributed by atoms with E-state index in [-0.39, 0.29) is 59.7 Å². The SMILES string of the molecule is C[C@H]1N[C@H](C[C@H](O)[C@H]2CCC[C@@]34CCC[C@@H]3C=C[C@@H](C4)[C@@](O)(CC(=O)[O-])CN[C@]3(C)C[C@H](Cc4cccc(c4)C2)N[C@H](N)C3)[C@H]([NH+]2CC=NC2)C[C@H]1O. The number of benzene rings is 1. The molecule has 0 radical (unpaired) electrons. The highest BCUT2D eigenvalue weighted by molar-refractivity contribution is 5.66. The van der Waals surface area contributed by atoms with Crippen LogP contribution in [-0.4, -0.2) is 101 Å². The summed E-state index contributed by atoms with van der Waals surface area (Å²) >= 11 is 0. The number of fused-ring (bicyclic) bond motifs is 5. The van der Waals surface area contributed by atoms with Gasteiger partial charge in [0.15, 0.2) is 6.67 Å². The summed E-state index contributed by atoms with van der Waals surface area (Å²) in [6.07, 6.45) is 16.0. The molecular formula is C42H66N6O5. The van der Waals surface area contributed by atoms with E-state index in [0.29, 0.717) is 31.8 Å². The molecule has 53 heavy (non-hydrogen) atoms. The van der Waals surface area contributed by atoms with Crippen LogP contribution in [0.2, 0.25) is 0 Å². The number of β-amino-alcohol motifs (C(OH)–C–C–N with tert-alkyl or cyclic N) is 1. The minimum Gasteiger partial charge on any atom is -0.550 e. The molecule has 6 bridgehead atoms. The number of carboxylic acids is 1. The average molecular weight is 735 g/mol. The van der Waals surface area contributed by atoms with E-state index in [1.54, 1.807) is 0 Å². The zero-order chi connectivity index (χ0) is 37.4. The molecule has 2 saturated heterocycles. The Bertz CT molecular complexity index is 1490. The lowest BCUT2D eigenvalue weighted by molar-refractivity contribution is -0.914. The first kappa shape index (κ1) is 39.0. The van der Waals surface area contributed by atoms with Crippen LogP contribution in [0.25, 0.3) is 0 Å². The van der Waals surface area contributed by atoms with Crippen molar-refractivity contribution in [3.05, 3.63) is 47.5 Å². The highest BCUT2D eigenvalue weighted by atomic mass is 16.4. The Morgan fingerprint density at radius 2 is 1.85 bits per heavy atom. The Balaban J connectivity index is 1.18. The minimum absolute atomic E-state index is 0.00695. The predicted molar refractivity (Wildman–Crippen MR) is 204 cm³/mol. The molecule has 2 aliphatic carbocycles. The molecular weight excluding hydrogens is 668 g/mol. The second-order valence-corrected chi connectivity index (χ2v) is 18.5. The van der Waals surface area contributed by atoms with E-state index in [2.05, 4.69) is 64.3 Å². The third-order valence-electron chi connectivity index (χ3n) is 14.6. The maximum atomic E-state index is 12.3. The molecule has 1 aromatic rings. The summed E-state index contributed by atoms with van der Waals surface area (Å²) in [7, 11) is 0. The zero-order valence-electron chi connectivity index (χ0n) is 32.0. The number of aliphatic carboxylic acids is 1. The molecule has 0 amide bonds. The Kier molecular flexibility index (Phi) is 11.9. The lowest BCUT2D eigenvalue weighted by Crippen LogP contribution is -3.16. The highest BCUT2D eigenvalue weighted by Crippen LogP contribution is 2.56. The molecule has 4 aliphatic heterocycles. The number of nitrogens with zero attached hydrogens (tertiary/aromatic N) is 1. The van der Waals surface area contributed by atoms with Gasteiger partial charge in [0, 0.05) is 48.9 Å². The van der Waals surface area contributed by atoms with Crippen molar-refractivity contribution in [3.8, 4) is 0 Å². The minimum atomic E-state index is -1.49. The summed E-state index contributed by atoms with van der Waals surface area (Å²) in [4.78, 5) is 18.0. The third kappa shape index (κ3) is 8.93. The van der Waals surface area contributed by atoms with Gasteiger partial charge in [0.1, 0.15) is 12.6 Å². The van der Waals surface area contributed by atoms with Gasteiger partial charge in [-0.1, -0.05) is 49.3 Å². The van der Waals surface area contributed by atoms with Gasteiger partial charge in [-0.05, 0) is 106 Å². The molecule has 11 heteroatoms. The molecule has 7 rings (SSSR count). The second-order valence-electron chi connectivity index (χ2n) is 18.5. The normalized spacial score (nSPS) is 44.1. The monoisotopic (exact) mass is 735 g/mol. The highest BCUT2D eigenvalue weighted by Gasteiger charge is 2.50. The van der Waals surface area contributed by atoms with E-state index in [4.69, 9.17) is 5.73 Å². The van der Waals surface area contributed by atoms with Crippen LogP contribution in [0.5, 0.6) is 0 Å². The Morgan fingerprint density at radius 3 is 2.60 bits per heavy atom. The molecule has 1 aromatic carbocycles. The van der Waals surface area contributed by atoms with Crippen LogP contribution in [0.3, 0.4) is 0 Å². The third-order valence-corrected chi connectivity index (χ3v) is 14.6. The fourth-order valence-corrected chi connectivity index (χ4v) is 11.7. The van der Waals surface area contributed by atoms with Crippen LogP contribution in [-0.2, 0) is 17.6 Å². The average Bonchev–Trinajstić information content (AvgIpc) is 3.78. The van der Waals surface area contributed by atoms with Crippen LogP contribution >= 0.6 is 0 Å². The van der Waals surface area contributed by atoms with Crippen molar-refractivity contribution in [2.45, 2.75) is 157 Å². The maximum Gasteiger partial charge on any atom is 0.171 e. The Morgan fingerprint density at radius 1 is 1.09 bits per heavy atom. The molecule has 1 unspecified atom stereocenters. The van der Waals surface area contributed by atoms with Crippen molar-refractivity contribution in [3.63, 3.8) is 0 Å². The van der Waals surface area contributed by atoms with Gasteiger partial charge in [-0.2, -0.15) is 0 Å². The molecule has 0 aromatic heterocycles. The quantitative estimate of drug-likeness (QED) is 0.192. The van der Waals surface area contributed by atoms with Gasteiger partial charge in [-0.3, -0.25) is 5.32 Å². The van der Waals surface area contributed by atoms with Crippen LogP contribution in [0.15, 0.2) is 41.4 Å². The number of rotatable bonds is 6. The van der Waals surface area contributed by atoms with Crippen LogP contribution < -0.4 is 31.7 Å². The summed E-state index contributed by atoms with van der Waals surface area (Å²) in [5.74, 6) is -1.07. The van der Waals surface area contributed by atoms with Crippen LogP contribution in [0.4, 0.5) is 0 Å². The summed E-state index contributed by atoms with van der Waals surface area (Å²) in [5.41, 5.74) is 7.19. The van der Waals surface area contributed by atoms with E-state index in [1.807, 2.05) is 13.1 Å². The van der Waals surface area contributed by atoms with Gasteiger partial charge in [-0.25, -0.2) is 4.99 Å². The van der Waals surface area contributed by atoms with Crippen molar-refractivity contribution in [1.29, 1.82) is 0 Å². The van der Waals surface area contributed by atoms with Crippen molar-refractivity contribution in [2.75, 3.05) is 19.8 Å². The summed E-state index contributed by atoms with van der Waals surface area (Å²) in [5, 5.41) is 58.5. The number of aliphatic imine (C=N–C) groups is 1. The molecule has 6 aliphatic rings. The topological polar surface area (TPSA) is 180 Å². The first-order chi connectivity index (χ1) is 25.3. The lowest BCUT2D eigenvalue weighted by Gasteiger charge is -2.48. The molecule has 1 saturated carbocycles. The van der Waals surface area contributed by atoms with Gasteiger partial charge < -0.3 is 46.5 Å². The van der Waals surface area contributed by atoms with Crippen LogP contribution in [0, 0.1) is 23.2 Å². The van der Waals surface area contributed by atoms with E-state index >= 15 is 0 Å². The fourth-order valence-electron chi connectivity index (χ4n) is 11.7. The van der Waals surface area contributed by atoms with Gasteiger partial charge in [0.05, 0.1) is 36.2 Å². The number of nitrogens with two attached hydrogens (primary N) is 1. The van der Waals surface area contributed by atoms with E-state index in [0.717, 1.165) is 70.8 Å². The van der Waals surface area contributed by atoms with Crippen molar-refractivity contribution in [1.82, 2.24) is 16.0 Å². The van der Waals surface area contributed by atoms with Gasteiger partial charge in [-0.15, -0.1) is 0 Å². The van der Waals surface area contributed by atoms with E-state index < -0.39 is 30.2 Å². The van der Waals surface area contributed by atoms with E-state index in [9.17, 15) is 25.2 Å². The lowest BCUT2D eigenvalue weighted by atomic mass is 9.61.